The molecular weight excluding hydrogens is 527 g/mol. The largest absolute Gasteiger partial charge is 0.508 e. The SMILES string of the molecule is CN1CCN(Cc2ccc3[nH]c(CC(O)(CC(C)(C)c4cc(-c5ccccc5)ccc4O)C(F)(F)F)cc3c2)CC1. The summed E-state index contributed by atoms with van der Waals surface area (Å²) in [5, 5.41) is 22.8. The minimum absolute atomic E-state index is 0.0994. The van der Waals surface area contributed by atoms with Crippen LogP contribution in [0.3, 0.4) is 0 Å². The van der Waals surface area contributed by atoms with Crippen molar-refractivity contribution in [2.45, 2.75) is 50.4 Å². The average molecular weight is 566 g/mol. The van der Waals surface area contributed by atoms with Gasteiger partial charge in [-0.05, 0) is 71.3 Å². The topological polar surface area (TPSA) is 62.7 Å². The molecule has 3 aromatic carbocycles. The van der Waals surface area contributed by atoms with Crippen molar-refractivity contribution in [3.8, 4) is 16.9 Å². The molecule has 8 heteroatoms. The lowest BCUT2D eigenvalue weighted by molar-refractivity contribution is -0.266. The summed E-state index contributed by atoms with van der Waals surface area (Å²) in [5.41, 5.74) is -0.0319. The number of nitrogens with one attached hydrogen (secondary N) is 1. The van der Waals surface area contributed by atoms with Crippen molar-refractivity contribution in [2.24, 2.45) is 0 Å². The number of alkyl halides is 3. The predicted octanol–water partition coefficient (Wildman–Crippen LogP) is 6.49. The first-order valence-electron chi connectivity index (χ1n) is 14.0. The second kappa shape index (κ2) is 11.2. The first-order valence-corrected chi connectivity index (χ1v) is 14.0. The number of phenolic OH excluding ortho intramolecular Hbond substituents is 1. The number of H-pyrrole nitrogens is 1. The first-order chi connectivity index (χ1) is 19.3. The highest BCUT2D eigenvalue weighted by atomic mass is 19.4. The lowest BCUT2D eigenvalue weighted by Gasteiger charge is -2.38. The molecule has 5 nitrogen and oxygen atoms in total. The molecule has 1 aromatic heterocycles. The van der Waals surface area contributed by atoms with E-state index in [0.717, 1.165) is 60.3 Å². The molecule has 0 spiro atoms. The van der Waals surface area contributed by atoms with Crippen LogP contribution in [0, 0.1) is 0 Å². The summed E-state index contributed by atoms with van der Waals surface area (Å²) < 4.78 is 43.7. The first kappa shape index (κ1) is 29.2. The Labute approximate surface area is 239 Å². The van der Waals surface area contributed by atoms with E-state index in [0.29, 0.717) is 11.3 Å². The maximum atomic E-state index is 14.6. The van der Waals surface area contributed by atoms with Gasteiger partial charge in [-0.15, -0.1) is 0 Å². The quantitative estimate of drug-likeness (QED) is 0.229. The Hall–Kier alpha value is -3.33. The van der Waals surface area contributed by atoms with Gasteiger partial charge in [0, 0.05) is 55.9 Å². The lowest BCUT2D eigenvalue weighted by Crippen LogP contribution is -2.50. The highest BCUT2D eigenvalue weighted by molar-refractivity contribution is 5.81. The number of aliphatic hydroxyl groups is 1. The number of likely N-dealkylation sites (N-methyl/N-ethyl adjacent to an activating group) is 1. The smallest absolute Gasteiger partial charge is 0.417 e. The minimum atomic E-state index is -4.89. The molecule has 1 aliphatic rings. The Bertz CT molecular complexity index is 1490. The van der Waals surface area contributed by atoms with Gasteiger partial charge in [-0.1, -0.05) is 56.3 Å². The van der Waals surface area contributed by atoms with Crippen LogP contribution < -0.4 is 0 Å². The van der Waals surface area contributed by atoms with E-state index in [2.05, 4.69) is 21.8 Å². The van der Waals surface area contributed by atoms with Crippen LogP contribution >= 0.6 is 0 Å². The van der Waals surface area contributed by atoms with Crippen LogP contribution in [0.5, 0.6) is 5.75 Å². The fourth-order valence-electron chi connectivity index (χ4n) is 5.99. The number of aromatic nitrogens is 1. The Morgan fingerprint density at radius 1 is 0.854 bits per heavy atom. The third-order valence-corrected chi connectivity index (χ3v) is 8.32. The van der Waals surface area contributed by atoms with E-state index in [1.54, 1.807) is 32.0 Å². The number of aromatic hydroxyl groups is 1. The van der Waals surface area contributed by atoms with Crippen LogP contribution in [-0.2, 0) is 18.4 Å². The molecular formula is C33H38F3N3O2. The third kappa shape index (κ3) is 6.45. The monoisotopic (exact) mass is 565 g/mol. The summed E-state index contributed by atoms with van der Waals surface area (Å²) in [6.45, 7) is 8.02. The summed E-state index contributed by atoms with van der Waals surface area (Å²) in [7, 11) is 2.11. The van der Waals surface area contributed by atoms with Gasteiger partial charge in [0.05, 0.1) is 0 Å². The summed E-state index contributed by atoms with van der Waals surface area (Å²) in [5.74, 6) is -0.0994. The second-order valence-electron chi connectivity index (χ2n) is 12.2. The molecule has 1 atom stereocenters. The van der Waals surface area contributed by atoms with Crippen LogP contribution in [-0.4, -0.2) is 70.0 Å². The van der Waals surface area contributed by atoms with E-state index >= 15 is 0 Å². The van der Waals surface area contributed by atoms with Gasteiger partial charge in [0.15, 0.2) is 5.60 Å². The number of hydrogen-bond donors (Lipinski definition) is 3. The molecule has 4 aromatic rings. The maximum Gasteiger partial charge on any atom is 0.417 e. The van der Waals surface area contributed by atoms with Gasteiger partial charge >= 0.3 is 6.18 Å². The predicted molar refractivity (Wildman–Crippen MR) is 157 cm³/mol. The number of nitrogens with zero attached hydrogens (tertiary/aromatic N) is 2. The normalized spacial score (nSPS) is 17.1. The van der Waals surface area contributed by atoms with E-state index in [4.69, 9.17) is 0 Å². The Kier molecular flexibility index (Phi) is 7.94. The van der Waals surface area contributed by atoms with Crippen molar-refractivity contribution in [3.05, 3.63) is 89.6 Å². The molecule has 5 rings (SSSR count). The Morgan fingerprint density at radius 3 is 2.24 bits per heavy atom. The number of rotatable bonds is 8. The molecule has 1 saturated heterocycles. The molecule has 1 fully saturated rings. The number of fused-ring (bicyclic) bond motifs is 1. The van der Waals surface area contributed by atoms with Crippen LogP contribution in [0.15, 0.2) is 72.8 Å². The summed E-state index contributed by atoms with van der Waals surface area (Å²) in [6, 6.07) is 22.0. The number of phenols is 1. The number of aromatic amines is 1. The van der Waals surface area contributed by atoms with Crippen molar-refractivity contribution in [3.63, 3.8) is 0 Å². The van der Waals surface area contributed by atoms with E-state index in [1.165, 1.54) is 6.07 Å². The molecule has 0 saturated carbocycles. The molecule has 0 bridgehead atoms. The summed E-state index contributed by atoms with van der Waals surface area (Å²) >= 11 is 0. The van der Waals surface area contributed by atoms with E-state index in [1.807, 2.05) is 48.5 Å². The minimum Gasteiger partial charge on any atom is -0.508 e. The fraction of sp³-hybridized carbons (Fsp3) is 0.394. The zero-order chi connectivity index (χ0) is 29.4. The zero-order valence-corrected chi connectivity index (χ0v) is 23.8. The van der Waals surface area contributed by atoms with Crippen molar-refractivity contribution >= 4 is 10.9 Å². The van der Waals surface area contributed by atoms with Gasteiger partial charge in [0.25, 0.3) is 0 Å². The van der Waals surface area contributed by atoms with Gasteiger partial charge in [0.2, 0.25) is 0 Å². The zero-order valence-electron chi connectivity index (χ0n) is 23.8. The summed E-state index contributed by atoms with van der Waals surface area (Å²) in [4.78, 5) is 7.77. The highest BCUT2D eigenvalue weighted by Crippen LogP contribution is 2.45. The fourth-order valence-corrected chi connectivity index (χ4v) is 5.99. The van der Waals surface area contributed by atoms with Crippen LogP contribution in [0.1, 0.15) is 37.1 Å². The van der Waals surface area contributed by atoms with Gasteiger partial charge in [-0.2, -0.15) is 13.2 Å². The second-order valence-corrected chi connectivity index (χ2v) is 12.2. The van der Waals surface area contributed by atoms with Crippen molar-refractivity contribution in [1.29, 1.82) is 0 Å². The molecule has 0 aliphatic carbocycles. The van der Waals surface area contributed by atoms with Crippen LogP contribution in [0.2, 0.25) is 0 Å². The lowest BCUT2D eigenvalue weighted by atomic mass is 9.72. The van der Waals surface area contributed by atoms with Gasteiger partial charge in [0.1, 0.15) is 5.75 Å². The number of benzene rings is 3. The number of piperazine rings is 1. The Morgan fingerprint density at radius 2 is 1.56 bits per heavy atom. The highest BCUT2D eigenvalue weighted by Gasteiger charge is 2.56. The van der Waals surface area contributed by atoms with Crippen LogP contribution in [0.4, 0.5) is 13.2 Å². The van der Waals surface area contributed by atoms with Crippen molar-refractivity contribution in [2.75, 3.05) is 33.2 Å². The molecule has 1 aliphatic heterocycles. The van der Waals surface area contributed by atoms with Crippen molar-refractivity contribution < 1.29 is 23.4 Å². The molecule has 0 amide bonds. The summed E-state index contributed by atoms with van der Waals surface area (Å²) in [6.07, 6.45) is -6.14. The third-order valence-electron chi connectivity index (χ3n) is 8.32. The van der Waals surface area contributed by atoms with Crippen LogP contribution in [0.25, 0.3) is 22.0 Å². The van der Waals surface area contributed by atoms with Gasteiger partial charge < -0.3 is 20.1 Å². The number of halogens is 3. The average Bonchev–Trinajstić information content (AvgIpc) is 3.31. The van der Waals surface area contributed by atoms with Gasteiger partial charge in [-0.3, -0.25) is 4.90 Å². The van der Waals surface area contributed by atoms with E-state index in [9.17, 15) is 23.4 Å². The number of hydrogen-bond acceptors (Lipinski definition) is 4. The Balaban J connectivity index is 1.39. The molecule has 41 heavy (non-hydrogen) atoms. The van der Waals surface area contributed by atoms with E-state index < -0.39 is 30.0 Å². The van der Waals surface area contributed by atoms with E-state index in [-0.39, 0.29) is 5.75 Å². The maximum absolute atomic E-state index is 14.6. The molecule has 3 N–H and O–H groups in total. The van der Waals surface area contributed by atoms with Crippen molar-refractivity contribution in [1.82, 2.24) is 14.8 Å². The molecule has 0 radical (unpaired) electrons. The molecule has 1 unspecified atom stereocenters. The van der Waals surface area contributed by atoms with Gasteiger partial charge in [-0.25, -0.2) is 0 Å². The molecule has 2 heterocycles. The molecule has 218 valence electrons. The standard InChI is InChI=1S/C33H38F3N3O2/c1-31(2,28-19-25(10-12-30(28)40)24-7-5-4-6-8-24)22-32(41,33(34,35)36)20-27-18-26-17-23(9-11-29(26)37-27)21-39-15-13-38(3)14-16-39/h4-12,17-19,37,40-41H,13-16,20-22H2,1-3H3.